The molecule has 8 heteroatoms. The average molecular weight is 365 g/mol. The Kier molecular flexibility index (Phi) is 4.45. The molecule has 0 bridgehead atoms. The summed E-state index contributed by atoms with van der Waals surface area (Å²) in [5, 5.41) is 13.6. The summed E-state index contributed by atoms with van der Waals surface area (Å²) in [6, 6.07) is 9.20. The molecule has 0 saturated carbocycles. The number of para-hydroxylation sites is 1. The molecule has 0 fully saturated rings. The van der Waals surface area contributed by atoms with Crippen LogP contribution in [-0.4, -0.2) is 33.3 Å². The van der Waals surface area contributed by atoms with Gasteiger partial charge < -0.3 is 15.2 Å². The number of anilines is 1. The second kappa shape index (κ2) is 7.06. The lowest BCUT2D eigenvalue weighted by Gasteiger charge is -2.09. The predicted molar refractivity (Wildman–Crippen MR) is 97.3 cm³/mol. The Labute approximate surface area is 155 Å². The zero-order valence-electron chi connectivity index (χ0n) is 14.8. The van der Waals surface area contributed by atoms with Gasteiger partial charge in [-0.25, -0.2) is 0 Å². The van der Waals surface area contributed by atoms with Crippen molar-refractivity contribution in [1.82, 2.24) is 20.3 Å². The van der Waals surface area contributed by atoms with Crippen molar-refractivity contribution in [2.45, 2.75) is 25.8 Å². The molecule has 0 radical (unpaired) electrons. The molecular formula is C19H19N5O3. The summed E-state index contributed by atoms with van der Waals surface area (Å²) in [6.07, 6.45) is 4.15. The van der Waals surface area contributed by atoms with E-state index >= 15 is 0 Å². The predicted octanol–water partition coefficient (Wildman–Crippen LogP) is 2.08. The van der Waals surface area contributed by atoms with Crippen molar-refractivity contribution >= 4 is 17.5 Å². The maximum absolute atomic E-state index is 12.3. The molecule has 27 heavy (non-hydrogen) atoms. The number of carbonyl (C=O) groups is 2. The van der Waals surface area contributed by atoms with Crippen LogP contribution in [0.3, 0.4) is 0 Å². The Morgan fingerprint density at radius 1 is 1.37 bits per heavy atom. The molecule has 1 aromatic carbocycles. The number of hydrogen-bond donors (Lipinski definition) is 2. The maximum Gasteiger partial charge on any atom is 0.273 e. The molecule has 1 atom stereocenters. The average Bonchev–Trinajstić information content (AvgIpc) is 3.35. The summed E-state index contributed by atoms with van der Waals surface area (Å²) < 4.78 is 6.92. The number of carbonyl (C=O) groups excluding carboxylic acids is 2. The van der Waals surface area contributed by atoms with E-state index in [1.807, 2.05) is 37.4 Å². The fourth-order valence-electron chi connectivity index (χ4n) is 3.19. The highest BCUT2D eigenvalue weighted by Gasteiger charge is 2.29. The van der Waals surface area contributed by atoms with Gasteiger partial charge in [0.2, 0.25) is 5.91 Å². The van der Waals surface area contributed by atoms with Crippen molar-refractivity contribution in [3.8, 4) is 0 Å². The molecule has 138 valence electrons. The Morgan fingerprint density at radius 2 is 2.22 bits per heavy atom. The summed E-state index contributed by atoms with van der Waals surface area (Å²) >= 11 is 0. The number of nitrogens with zero attached hydrogens (tertiary/aromatic N) is 3. The van der Waals surface area contributed by atoms with Gasteiger partial charge >= 0.3 is 0 Å². The van der Waals surface area contributed by atoms with Gasteiger partial charge in [0.15, 0.2) is 11.5 Å². The van der Waals surface area contributed by atoms with E-state index in [0.29, 0.717) is 25.3 Å². The van der Waals surface area contributed by atoms with Crippen molar-refractivity contribution in [2.75, 3.05) is 11.9 Å². The van der Waals surface area contributed by atoms with Gasteiger partial charge in [0.25, 0.3) is 5.91 Å². The van der Waals surface area contributed by atoms with E-state index in [1.165, 1.54) is 0 Å². The Morgan fingerprint density at radius 3 is 3.04 bits per heavy atom. The number of nitrogens with one attached hydrogen (secondary N) is 2. The minimum absolute atomic E-state index is 0.0383. The van der Waals surface area contributed by atoms with E-state index in [0.717, 1.165) is 16.8 Å². The van der Waals surface area contributed by atoms with Crippen LogP contribution in [0, 0.1) is 6.92 Å². The molecular weight excluding hydrogens is 346 g/mol. The van der Waals surface area contributed by atoms with Crippen LogP contribution in [0.15, 0.2) is 47.2 Å². The van der Waals surface area contributed by atoms with Crippen LogP contribution in [0.25, 0.3) is 0 Å². The molecule has 2 aromatic heterocycles. The molecule has 0 spiro atoms. The smallest absolute Gasteiger partial charge is 0.273 e. The van der Waals surface area contributed by atoms with Gasteiger partial charge in [-0.2, -0.15) is 5.10 Å². The first-order chi connectivity index (χ1) is 13.1. The standard InChI is InChI=1S/C19H19N5O3/c1-12-9-21-24(10-12)11-13-8-17(23-27-13)19(26)20-7-6-15-14-4-2-3-5-16(14)22-18(15)25/h2-5,8-10,15H,6-7,11H2,1H3,(H,20,26)(H,22,25). The Hall–Kier alpha value is -3.42. The van der Waals surface area contributed by atoms with Crippen LogP contribution < -0.4 is 10.6 Å². The largest absolute Gasteiger partial charge is 0.359 e. The van der Waals surface area contributed by atoms with E-state index in [9.17, 15) is 9.59 Å². The van der Waals surface area contributed by atoms with Gasteiger partial charge in [-0.3, -0.25) is 14.3 Å². The van der Waals surface area contributed by atoms with Crippen LogP contribution in [0.2, 0.25) is 0 Å². The molecule has 0 saturated heterocycles. The Bertz CT molecular complexity index is 991. The number of benzene rings is 1. The summed E-state index contributed by atoms with van der Waals surface area (Å²) in [7, 11) is 0. The third kappa shape index (κ3) is 3.59. The molecule has 8 nitrogen and oxygen atoms in total. The third-order valence-corrected chi connectivity index (χ3v) is 4.50. The lowest BCUT2D eigenvalue weighted by molar-refractivity contribution is -0.117. The quantitative estimate of drug-likeness (QED) is 0.696. The second-order valence-electron chi connectivity index (χ2n) is 6.57. The highest BCUT2D eigenvalue weighted by Crippen LogP contribution is 2.33. The maximum atomic E-state index is 12.3. The normalized spacial score (nSPS) is 15.4. The summed E-state index contributed by atoms with van der Waals surface area (Å²) in [4.78, 5) is 24.4. The van der Waals surface area contributed by atoms with E-state index in [4.69, 9.17) is 4.52 Å². The number of aryl methyl sites for hydroxylation is 1. The number of fused-ring (bicyclic) bond motifs is 1. The van der Waals surface area contributed by atoms with Gasteiger partial charge in [-0.05, 0) is 30.5 Å². The fraction of sp³-hybridized carbons (Fsp3) is 0.263. The SMILES string of the molecule is Cc1cnn(Cc2cc(C(=O)NCCC3C(=O)Nc4ccccc43)no2)c1. The minimum atomic E-state index is -0.326. The molecule has 2 amide bonds. The molecule has 3 heterocycles. The van der Waals surface area contributed by atoms with Crippen molar-refractivity contribution < 1.29 is 14.1 Å². The molecule has 3 aromatic rings. The Balaban J connectivity index is 1.32. The van der Waals surface area contributed by atoms with Crippen molar-refractivity contribution in [3.63, 3.8) is 0 Å². The van der Waals surface area contributed by atoms with Crippen LogP contribution in [0.4, 0.5) is 5.69 Å². The molecule has 2 N–H and O–H groups in total. The van der Waals surface area contributed by atoms with Crippen LogP contribution >= 0.6 is 0 Å². The van der Waals surface area contributed by atoms with E-state index in [2.05, 4.69) is 20.9 Å². The topological polar surface area (TPSA) is 102 Å². The highest BCUT2D eigenvalue weighted by atomic mass is 16.5. The van der Waals surface area contributed by atoms with Crippen molar-refractivity contribution in [2.24, 2.45) is 0 Å². The van der Waals surface area contributed by atoms with Crippen molar-refractivity contribution in [1.29, 1.82) is 0 Å². The third-order valence-electron chi connectivity index (χ3n) is 4.50. The summed E-state index contributed by atoms with van der Waals surface area (Å²) in [5.74, 6) is -0.0678. The molecule has 0 aliphatic carbocycles. The minimum Gasteiger partial charge on any atom is -0.359 e. The summed E-state index contributed by atoms with van der Waals surface area (Å²) in [5.41, 5.74) is 3.07. The molecule has 1 unspecified atom stereocenters. The lowest BCUT2D eigenvalue weighted by Crippen LogP contribution is -2.27. The molecule has 4 rings (SSSR count). The molecule has 1 aliphatic heterocycles. The first-order valence-corrected chi connectivity index (χ1v) is 8.73. The van der Waals surface area contributed by atoms with E-state index < -0.39 is 0 Å². The van der Waals surface area contributed by atoms with Crippen LogP contribution in [-0.2, 0) is 11.3 Å². The van der Waals surface area contributed by atoms with Gasteiger partial charge in [0.1, 0.15) is 6.54 Å². The highest BCUT2D eigenvalue weighted by molar-refractivity contribution is 6.02. The van der Waals surface area contributed by atoms with Gasteiger partial charge in [0.05, 0.1) is 12.1 Å². The zero-order valence-corrected chi connectivity index (χ0v) is 14.8. The van der Waals surface area contributed by atoms with Gasteiger partial charge in [-0.15, -0.1) is 0 Å². The molecule has 1 aliphatic rings. The second-order valence-corrected chi connectivity index (χ2v) is 6.57. The number of aromatic nitrogens is 3. The van der Waals surface area contributed by atoms with Gasteiger partial charge in [-0.1, -0.05) is 23.4 Å². The first-order valence-electron chi connectivity index (χ1n) is 8.73. The number of rotatable bonds is 6. The fourth-order valence-corrected chi connectivity index (χ4v) is 3.19. The monoisotopic (exact) mass is 365 g/mol. The lowest BCUT2D eigenvalue weighted by atomic mass is 9.97. The summed E-state index contributed by atoms with van der Waals surface area (Å²) in [6.45, 7) is 2.73. The number of amides is 2. The van der Waals surface area contributed by atoms with Gasteiger partial charge in [0, 0.05) is 24.5 Å². The van der Waals surface area contributed by atoms with Crippen molar-refractivity contribution in [3.05, 3.63) is 65.3 Å². The van der Waals surface area contributed by atoms with Crippen LogP contribution in [0.5, 0.6) is 0 Å². The van der Waals surface area contributed by atoms with Crippen LogP contribution in [0.1, 0.15) is 39.7 Å². The van der Waals surface area contributed by atoms with E-state index in [1.54, 1.807) is 16.9 Å². The zero-order chi connectivity index (χ0) is 18.8. The number of hydrogen-bond acceptors (Lipinski definition) is 5. The first kappa shape index (κ1) is 17.0. The van der Waals surface area contributed by atoms with E-state index in [-0.39, 0.29) is 23.4 Å².